The summed E-state index contributed by atoms with van der Waals surface area (Å²) in [5, 5.41) is 0. The lowest BCUT2D eigenvalue weighted by molar-refractivity contribution is -0.136. The zero-order valence-electron chi connectivity index (χ0n) is 14.7. The molecule has 0 bridgehead atoms. The fourth-order valence-electron chi connectivity index (χ4n) is 3.68. The minimum Gasteiger partial charge on any atom is -0.497 e. The highest BCUT2D eigenvalue weighted by molar-refractivity contribution is 5.95. The van der Waals surface area contributed by atoms with Crippen LogP contribution < -0.4 is 23.7 Å². The molecule has 0 spiro atoms. The molecule has 0 amide bonds. The Morgan fingerprint density at radius 2 is 1.74 bits per heavy atom. The molecule has 0 saturated carbocycles. The zero-order valence-corrected chi connectivity index (χ0v) is 14.7. The Kier molecular flexibility index (Phi) is 3.43. The number of cyclic esters (lactones) is 1. The van der Waals surface area contributed by atoms with Crippen molar-refractivity contribution in [2.45, 2.75) is 5.92 Å². The van der Waals surface area contributed by atoms with Crippen molar-refractivity contribution in [3.8, 4) is 28.7 Å². The summed E-state index contributed by atoms with van der Waals surface area (Å²) in [4.78, 5) is 12.5. The number of hydrogen-bond donors (Lipinski definition) is 0. The highest BCUT2D eigenvalue weighted by Gasteiger charge is 2.42. The number of rotatable bonds is 3. The Bertz CT molecular complexity index is 992. The first-order valence-electron chi connectivity index (χ1n) is 8.43. The van der Waals surface area contributed by atoms with Crippen molar-refractivity contribution in [2.75, 3.05) is 27.6 Å². The molecule has 2 aromatic carbocycles. The first-order valence-corrected chi connectivity index (χ1v) is 8.43. The lowest BCUT2D eigenvalue weighted by atomic mass is 9.82. The monoisotopic (exact) mass is 368 g/mol. The molecule has 27 heavy (non-hydrogen) atoms. The van der Waals surface area contributed by atoms with Crippen LogP contribution in [0.4, 0.5) is 0 Å². The number of hydrogen-bond acceptors (Lipinski definition) is 7. The van der Waals surface area contributed by atoms with Gasteiger partial charge in [-0.2, -0.15) is 0 Å². The van der Waals surface area contributed by atoms with Gasteiger partial charge in [-0.05, 0) is 12.1 Å². The van der Waals surface area contributed by atoms with Crippen molar-refractivity contribution in [3.05, 3.63) is 52.8 Å². The molecule has 7 heteroatoms. The molecule has 2 aromatic rings. The van der Waals surface area contributed by atoms with E-state index in [0.29, 0.717) is 40.1 Å². The van der Waals surface area contributed by atoms with Crippen LogP contribution in [-0.2, 0) is 9.53 Å². The smallest absolute Gasteiger partial charge is 0.339 e. The molecular weight excluding hydrogens is 352 g/mol. The van der Waals surface area contributed by atoms with Gasteiger partial charge in [0.1, 0.15) is 23.9 Å². The molecule has 138 valence electrons. The van der Waals surface area contributed by atoms with E-state index in [1.807, 2.05) is 18.2 Å². The average molecular weight is 368 g/mol. The third-order valence-electron chi connectivity index (χ3n) is 4.94. The Morgan fingerprint density at radius 1 is 0.926 bits per heavy atom. The third-order valence-corrected chi connectivity index (χ3v) is 4.94. The molecule has 3 aliphatic rings. The minimum absolute atomic E-state index is 0.108. The molecule has 0 aromatic heterocycles. The van der Waals surface area contributed by atoms with Gasteiger partial charge < -0.3 is 28.4 Å². The van der Waals surface area contributed by atoms with E-state index in [2.05, 4.69) is 0 Å². The molecule has 0 fully saturated rings. The summed E-state index contributed by atoms with van der Waals surface area (Å²) in [7, 11) is 3.17. The molecule has 7 nitrogen and oxygen atoms in total. The Labute approximate surface area is 155 Å². The second kappa shape index (κ2) is 5.84. The number of esters is 1. The van der Waals surface area contributed by atoms with Crippen molar-refractivity contribution in [2.24, 2.45) is 0 Å². The number of carbonyl (C=O) groups excluding carboxylic acids is 1. The van der Waals surface area contributed by atoms with Gasteiger partial charge in [-0.15, -0.1) is 0 Å². The van der Waals surface area contributed by atoms with Gasteiger partial charge in [0.05, 0.1) is 25.7 Å². The molecule has 0 unspecified atom stereocenters. The Hall–Kier alpha value is -3.35. The first-order chi connectivity index (χ1) is 13.2. The standard InChI is InChI=1S/C20H16O7/c1-22-10-3-4-11(13(5-10)23-2)18-12-6-15-16(26-9-25-15)7-14(12)27-17-8-24-20(21)19(17)18/h3-7,18H,8-9H2,1-2H3/t18-/m0/s1. The van der Waals surface area contributed by atoms with Crippen LogP contribution in [0, 0.1) is 0 Å². The van der Waals surface area contributed by atoms with E-state index in [4.69, 9.17) is 28.4 Å². The van der Waals surface area contributed by atoms with E-state index in [0.717, 1.165) is 11.1 Å². The number of methoxy groups -OCH3 is 2. The average Bonchev–Trinajstić information content (AvgIpc) is 3.30. The van der Waals surface area contributed by atoms with Gasteiger partial charge in [0.2, 0.25) is 6.79 Å². The van der Waals surface area contributed by atoms with Crippen LogP contribution in [0.15, 0.2) is 41.7 Å². The minimum atomic E-state index is -0.408. The first kappa shape index (κ1) is 15.9. The molecule has 0 radical (unpaired) electrons. The normalized spacial score (nSPS) is 19.2. The van der Waals surface area contributed by atoms with E-state index in [1.54, 1.807) is 26.4 Å². The van der Waals surface area contributed by atoms with Crippen LogP contribution in [-0.4, -0.2) is 33.6 Å². The van der Waals surface area contributed by atoms with Gasteiger partial charge in [0.15, 0.2) is 17.3 Å². The summed E-state index contributed by atoms with van der Waals surface area (Å²) in [5.41, 5.74) is 2.08. The van der Waals surface area contributed by atoms with Crippen LogP contribution in [0.5, 0.6) is 28.7 Å². The largest absolute Gasteiger partial charge is 0.497 e. The zero-order chi connectivity index (χ0) is 18.5. The Morgan fingerprint density at radius 3 is 2.52 bits per heavy atom. The Balaban J connectivity index is 1.73. The van der Waals surface area contributed by atoms with Crippen LogP contribution in [0.25, 0.3) is 0 Å². The predicted molar refractivity (Wildman–Crippen MR) is 92.6 cm³/mol. The molecule has 0 aliphatic carbocycles. The second-order valence-corrected chi connectivity index (χ2v) is 6.30. The molecule has 0 saturated heterocycles. The molecule has 1 atom stereocenters. The van der Waals surface area contributed by atoms with E-state index in [9.17, 15) is 4.79 Å². The maximum absolute atomic E-state index is 12.5. The summed E-state index contributed by atoms with van der Waals surface area (Å²) >= 11 is 0. The molecule has 3 heterocycles. The summed E-state index contributed by atoms with van der Waals surface area (Å²) < 4.78 is 33.0. The van der Waals surface area contributed by atoms with Crippen molar-refractivity contribution in [1.82, 2.24) is 0 Å². The SMILES string of the molecule is COc1ccc([C@@H]2C3=C(COC3=O)Oc3cc4c(cc32)OCO4)c(OC)c1. The second-order valence-electron chi connectivity index (χ2n) is 6.30. The van der Waals surface area contributed by atoms with E-state index < -0.39 is 11.9 Å². The van der Waals surface area contributed by atoms with Gasteiger partial charge >= 0.3 is 5.97 Å². The highest BCUT2D eigenvalue weighted by Crippen LogP contribution is 2.51. The van der Waals surface area contributed by atoms with Crippen molar-refractivity contribution in [1.29, 1.82) is 0 Å². The molecule has 0 N–H and O–H groups in total. The van der Waals surface area contributed by atoms with Crippen molar-refractivity contribution >= 4 is 5.97 Å². The van der Waals surface area contributed by atoms with Gasteiger partial charge in [0, 0.05) is 23.3 Å². The summed E-state index contributed by atoms with van der Waals surface area (Å²) in [6.07, 6.45) is 0. The van der Waals surface area contributed by atoms with Crippen molar-refractivity contribution < 1.29 is 33.2 Å². The van der Waals surface area contributed by atoms with Gasteiger partial charge in [-0.25, -0.2) is 4.79 Å². The fraction of sp³-hybridized carbons (Fsp3) is 0.250. The highest BCUT2D eigenvalue weighted by atomic mass is 16.7. The molecule has 5 rings (SSSR count). The van der Waals surface area contributed by atoms with Gasteiger partial charge in [0.25, 0.3) is 0 Å². The number of carbonyl (C=O) groups is 1. The fourth-order valence-corrected chi connectivity index (χ4v) is 3.68. The number of benzene rings is 2. The van der Waals surface area contributed by atoms with E-state index in [-0.39, 0.29) is 13.4 Å². The predicted octanol–water partition coefficient (Wildman–Crippen LogP) is 2.77. The third kappa shape index (κ3) is 2.31. The van der Waals surface area contributed by atoms with E-state index in [1.165, 1.54) is 0 Å². The summed E-state index contributed by atoms with van der Waals surface area (Å²) in [6.45, 7) is 0.265. The summed E-state index contributed by atoms with van der Waals surface area (Å²) in [6, 6.07) is 9.14. The quantitative estimate of drug-likeness (QED) is 0.772. The maximum Gasteiger partial charge on any atom is 0.339 e. The number of ether oxygens (including phenoxy) is 6. The number of fused-ring (bicyclic) bond motifs is 2. The van der Waals surface area contributed by atoms with E-state index >= 15 is 0 Å². The molecule has 3 aliphatic heterocycles. The summed E-state index contributed by atoms with van der Waals surface area (Å²) in [5.74, 6) is 2.82. The van der Waals surface area contributed by atoms with Crippen LogP contribution in [0.3, 0.4) is 0 Å². The maximum atomic E-state index is 12.5. The lowest BCUT2D eigenvalue weighted by Crippen LogP contribution is -2.18. The van der Waals surface area contributed by atoms with Gasteiger partial charge in [-0.1, -0.05) is 6.07 Å². The topological polar surface area (TPSA) is 72.5 Å². The molecular formula is C20H16O7. The van der Waals surface area contributed by atoms with Gasteiger partial charge in [-0.3, -0.25) is 0 Å². The van der Waals surface area contributed by atoms with Crippen LogP contribution >= 0.6 is 0 Å². The van der Waals surface area contributed by atoms with Crippen LogP contribution in [0.1, 0.15) is 17.0 Å². The van der Waals surface area contributed by atoms with Crippen molar-refractivity contribution in [3.63, 3.8) is 0 Å². The lowest BCUT2D eigenvalue weighted by Gasteiger charge is -2.27. The van der Waals surface area contributed by atoms with Crippen LogP contribution in [0.2, 0.25) is 0 Å².